The third kappa shape index (κ3) is 5.02. The maximum atomic E-state index is 12.2. The Morgan fingerprint density at radius 1 is 1.30 bits per heavy atom. The van der Waals surface area contributed by atoms with Crippen molar-refractivity contribution < 1.29 is 14.7 Å². The zero-order valence-corrected chi connectivity index (χ0v) is 13.1. The number of carboxylic acids is 1. The zero-order valence-electron chi connectivity index (χ0n) is 13.1. The molecule has 1 aliphatic rings. The number of nitrogens with zero attached hydrogens (tertiary/aromatic N) is 1. The summed E-state index contributed by atoms with van der Waals surface area (Å²) in [6, 6.07) is 0.0917. The van der Waals surface area contributed by atoms with E-state index in [9.17, 15) is 9.59 Å². The number of urea groups is 1. The molecule has 0 radical (unpaired) electrons. The maximum absolute atomic E-state index is 12.2. The maximum Gasteiger partial charge on any atom is 0.317 e. The molecule has 0 aliphatic carbocycles. The van der Waals surface area contributed by atoms with Crippen molar-refractivity contribution in [3.05, 3.63) is 0 Å². The normalized spacial score (nSPS) is 24.6. The second-order valence-electron chi connectivity index (χ2n) is 6.42. The third-order valence-electron chi connectivity index (χ3n) is 4.03. The van der Waals surface area contributed by atoms with Gasteiger partial charge in [0.2, 0.25) is 0 Å². The quantitative estimate of drug-likeness (QED) is 0.815. The molecule has 1 fully saturated rings. The molecule has 0 bridgehead atoms. The first-order chi connectivity index (χ1) is 9.31. The van der Waals surface area contributed by atoms with Crippen LogP contribution in [0.2, 0.25) is 0 Å². The molecule has 0 aromatic carbocycles. The van der Waals surface area contributed by atoms with E-state index in [0.717, 1.165) is 12.8 Å². The minimum Gasteiger partial charge on any atom is -0.481 e. The summed E-state index contributed by atoms with van der Waals surface area (Å²) >= 11 is 0. The number of carboxylic acid groups (broad SMARTS) is 1. The van der Waals surface area contributed by atoms with Crippen LogP contribution in [0.4, 0.5) is 4.79 Å². The molecule has 5 heteroatoms. The smallest absolute Gasteiger partial charge is 0.317 e. The van der Waals surface area contributed by atoms with Crippen LogP contribution in [0.1, 0.15) is 53.4 Å². The third-order valence-corrected chi connectivity index (χ3v) is 4.03. The van der Waals surface area contributed by atoms with Crippen molar-refractivity contribution in [3.63, 3.8) is 0 Å². The van der Waals surface area contributed by atoms with Gasteiger partial charge in [-0.3, -0.25) is 4.79 Å². The van der Waals surface area contributed by atoms with Gasteiger partial charge in [0.1, 0.15) is 0 Å². The number of aliphatic carboxylic acids is 1. The van der Waals surface area contributed by atoms with Gasteiger partial charge in [-0.05, 0) is 45.4 Å². The second kappa shape index (κ2) is 7.50. The van der Waals surface area contributed by atoms with E-state index in [2.05, 4.69) is 19.2 Å². The predicted molar refractivity (Wildman–Crippen MR) is 78.6 cm³/mol. The van der Waals surface area contributed by atoms with Gasteiger partial charge < -0.3 is 15.3 Å². The van der Waals surface area contributed by atoms with Crippen LogP contribution in [0.25, 0.3) is 0 Å². The highest BCUT2D eigenvalue weighted by Gasteiger charge is 2.32. The number of likely N-dealkylation sites (tertiary alicyclic amines) is 1. The lowest BCUT2D eigenvalue weighted by atomic mass is 9.92. The number of hydrogen-bond acceptors (Lipinski definition) is 2. The van der Waals surface area contributed by atoms with E-state index in [4.69, 9.17) is 5.11 Å². The molecule has 3 atom stereocenters. The zero-order chi connectivity index (χ0) is 15.3. The lowest BCUT2D eigenvalue weighted by Crippen LogP contribution is -2.51. The average molecular weight is 284 g/mol. The van der Waals surface area contributed by atoms with Gasteiger partial charge in [0.05, 0.1) is 5.92 Å². The Kier molecular flexibility index (Phi) is 6.30. The second-order valence-corrected chi connectivity index (χ2v) is 6.42. The van der Waals surface area contributed by atoms with Crippen molar-refractivity contribution in [2.24, 2.45) is 11.8 Å². The number of nitrogens with one attached hydrogen (secondary N) is 1. The lowest BCUT2D eigenvalue weighted by molar-refractivity contribution is -0.143. The Hall–Kier alpha value is -1.26. The first kappa shape index (κ1) is 16.8. The minimum absolute atomic E-state index is 0.0119. The summed E-state index contributed by atoms with van der Waals surface area (Å²) in [6.07, 6.45) is 3.16. The molecule has 0 aromatic heterocycles. The molecule has 20 heavy (non-hydrogen) atoms. The van der Waals surface area contributed by atoms with Crippen molar-refractivity contribution in [2.75, 3.05) is 6.54 Å². The standard InChI is InChI=1S/C15H28N2O3/c1-10(2)5-6-11(3)16-15(20)17-8-7-13(14(18)19)9-12(17)4/h10-13H,5-9H2,1-4H3,(H,16,20)(H,18,19). The van der Waals surface area contributed by atoms with Gasteiger partial charge in [0.25, 0.3) is 0 Å². The largest absolute Gasteiger partial charge is 0.481 e. The highest BCUT2D eigenvalue weighted by atomic mass is 16.4. The van der Waals surface area contributed by atoms with Crippen LogP contribution in [0.15, 0.2) is 0 Å². The summed E-state index contributed by atoms with van der Waals surface area (Å²) in [5, 5.41) is 12.0. The van der Waals surface area contributed by atoms with Crippen molar-refractivity contribution >= 4 is 12.0 Å². The number of carbonyl (C=O) groups excluding carboxylic acids is 1. The monoisotopic (exact) mass is 284 g/mol. The van der Waals surface area contributed by atoms with E-state index in [-0.39, 0.29) is 24.0 Å². The minimum atomic E-state index is -0.748. The molecular weight excluding hydrogens is 256 g/mol. The Bertz CT molecular complexity index is 344. The molecule has 0 saturated carbocycles. The fraction of sp³-hybridized carbons (Fsp3) is 0.867. The van der Waals surface area contributed by atoms with E-state index in [1.807, 2.05) is 13.8 Å². The highest BCUT2D eigenvalue weighted by molar-refractivity contribution is 5.76. The number of carbonyl (C=O) groups is 2. The molecule has 1 saturated heterocycles. The van der Waals surface area contributed by atoms with Crippen LogP contribution in [0, 0.1) is 11.8 Å². The van der Waals surface area contributed by atoms with Gasteiger partial charge >= 0.3 is 12.0 Å². The number of rotatable bonds is 5. The Morgan fingerprint density at radius 2 is 1.95 bits per heavy atom. The van der Waals surface area contributed by atoms with Gasteiger partial charge in [0, 0.05) is 18.6 Å². The summed E-state index contributed by atoms with van der Waals surface area (Å²) in [5.74, 6) is -0.422. The van der Waals surface area contributed by atoms with Crippen molar-refractivity contribution in [1.82, 2.24) is 10.2 Å². The van der Waals surface area contributed by atoms with E-state index in [0.29, 0.717) is 25.3 Å². The summed E-state index contributed by atoms with van der Waals surface area (Å²) in [7, 11) is 0. The first-order valence-corrected chi connectivity index (χ1v) is 7.61. The molecule has 1 heterocycles. The highest BCUT2D eigenvalue weighted by Crippen LogP contribution is 2.23. The summed E-state index contributed by atoms with van der Waals surface area (Å²) in [5.41, 5.74) is 0. The molecule has 1 rings (SSSR count). The molecular formula is C15H28N2O3. The predicted octanol–water partition coefficient (Wildman–Crippen LogP) is 2.71. The van der Waals surface area contributed by atoms with Gasteiger partial charge in [-0.15, -0.1) is 0 Å². The topological polar surface area (TPSA) is 69.6 Å². The molecule has 5 nitrogen and oxygen atoms in total. The van der Waals surface area contributed by atoms with Crippen molar-refractivity contribution in [2.45, 2.75) is 65.5 Å². The molecule has 2 N–H and O–H groups in total. The molecule has 3 unspecified atom stereocenters. The van der Waals surface area contributed by atoms with Crippen LogP contribution in [0.5, 0.6) is 0 Å². The molecule has 2 amide bonds. The van der Waals surface area contributed by atoms with Crippen LogP contribution in [-0.2, 0) is 4.79 Å². The van der Waals surface area contributed by atoms with Crippen LogP contribution in [0.3, 0.4) is 0 Å². The summed E-state index contributed by atoms with van der Waals surface area (Å²) in [6.45, 7) is 8.82. The average Bonchev–Trinajstić information content (AvgIpc) is 2.35. The SMILES string of the molecule is CC(C)CCC(C)NC(=O)N1CCC(C(=O)O)CC1C. The van der Waals surface area contributed by atoms with Gasteiger partial charge in [-0.1, -0.05) is 13.8 Å². The molecule has 0 aromatic rings. The van der Waals surface area contributed by atoms with Crippen LogP contribution >= 0.6 is 0 Å². The molecule has 1 aliphatic heterocycles. The summed E-state index contributed by atoms with van der Waals surface area (Å²) < 4.78 is 0. The van der Waals surface area contributed by atoms with Gasteiger partial charge in [-0.2, -0.15) is 0 Å². The fourth-order valence-corrected chi connectivity index (χ4v) is 2.65. The van der Waals surface area contributed by atoms with Gasteiger partial charge in [0.15, 0.2) is 0 Å². The fourth-order valence-electron chi connectivity index (χ4n) is 2.65. The molecule has 116 valence electrons. The van der Waals surface area contributed by atoms with E-state index >= 15 is 0 Å². The number of amides is 2. The lowest BCUT2D eigenvalue weighted by Gasteiger charge is -2.36. The van der Waals surface area contributed by atoms with E-state index < -0.39 is 5.97 Å². The number of piperidine rings is 1. The Labute approximate surface area is 121 Å². The van der Waals surface area contributed by atoms with Crippen LogP contribution < -0.4 is 5.32 Å². The first-order valence-electron chi connectivity index (χ1n) is 7.61. The van der Waals surface area contributed by atoms with Crippen molar-refractivity contribution in [1.29, 1.82) is 0 Å². The van der Waals surface area contributed by atoms with E-state index in [1.54, 1.807) is 4.90 Å². The van der Waals surface area contributed by atoms with Crippen LogP contribution in [-0.4, -0.2) is 40.6 Å². The van der Waals surface area contributed by atoms with Gasteiger partial charge in [-0.25, -0.2) is 4.79 Å². The summed E-state index contributed by atoms with van der Waals surface area (Å²) in [4.78, 5) is 25.0. The molecule has 0 spiro atoms. The Balaban J connectivity index is 2.42. The van der Waals surface area contributed by atoms with Crippen molar-refractivity contribution in [3.8, 4) is 0 Å². The number of hydrogen-bond donors (Lipinski definition) is 2. The Morgan fingerprint density at radius 3 is 2.45 bits per heavy atom. The van der Waals surface area contributed by atoms with E-state index in [1.165, 1.54) is 0 Å².